The fourth-order valence-electron chi connectivity index (χ4n) is 2.01. The number of hydrogen-bond acceptors (Lipinski definition) is 3. The van der Waals surface area contributed by atoms with Crippen LogP contribution < -0.4 is 0 Å². The highest BCUT2D eigenvalue weighted by Crippen LogP contribution is 2.21. The van der Waals surface area contributed by atoms with Gasteiger partial charge in [-0.15, -0.1) is 0 Å². The van der Waals surface area contributed by atoms with E-state index in [0.717, 1.165) is 22.9 Å². The number of pyridine rings is 1. The number of imidazole rings is 1. The van der Waals surface area contributed by atoms with E-state index in [9.17, 15) is 0 Å². The molecule has 0 saturated carbocycles. The Hall–Kier alpha value is -2.09. The third kappa shape index (κ3) is 2.01. The van der Waals surface area contributed by atoms with Crippen molar-refractivity contribution in [2.24, 2.45) is 0 Å². The van der Waals surface area contributed by atoms with Crippen LogP contribution in [0.2, 0.25) is 0 Å². The van der Waals surface area contributed by atoms with Crippen LogP contribution >= 0.6 is 20.7 Å². The molecule has 0 saturated heterocycles. The van der Waals surface area contributed by atoms with Crippen molar-refractivity contribution in [1.29, 1.82) is 0 Å². The summed E-state index contributed by atoms with van der Waals surface area (Å²) in [6, 6.07) is 5.86. The Morgan fingerprint density at radius 1 is 1.20 bits per heavy atom. The topological polar surface area (TPSA) is 48.5 Å². The van der Waals surface area contributed by atoms with Gasteiger partial charge < -0.3 is 4.57 Å². The molecule has 0 spiro atoms. The average molecular weight is 375 g/mol. The van der Waals surface area contributed by atoms with Gasteiger partial charge in [-0.2, -0.15) is 5.10 Å². The molecule has 1 aliphatic heterocycles. The second kappa shape index (κ2) is 4.78. The molecular weight excluding hydrogens is 365 g/mol. The first-order valence-electron chi connectivity index (χ1n) is 6.07. The molecule has 3 aromatic rings. The number of fused-ring (bicyclic) bond motifs is 1. The van der Waals surface area contributed by atoms with E-state index < -0.39 is 0 Å². The van der Waals surface area contributed by atoms with Crippen molar-refractivity contribution < 1.29 is 0 Å². The monoisotopic (exact) mass is 375 g/mol. The van der Waals surface area contributed by atoms with E-state index >= 15 is 0 Å². The van der Waals surface area contributed by atoms with Crippen molar-refractivity contribution in [2.75, 3.05) is 0 Å². The Bertz CT molecular complexity index is 767. The summed E-state index contributed by atoms with van der Waals surface area (Å²) in [5.41, 5.74) is 1.97. The van der Waals surface area contributed by atoms with Gasteiger partial charge in [0.05, 0.1) is 5.69 Å². The molecule has 0 unspecified atom stereocenters. The Morgan fingerprint density at radius 3 is 2.95 bits per heavy atom. The average Bonchev–Trinajstić information content (AvgIpc) is 3.17. The summed E-state index contributed by atoms with van der Waals surface area (Å²) in [6.07, 6.45) is 9.60. The molecule has 4 heterocycles. The molecular formula is C14H10IN5. The largest absolute Gasteiger partial charge is 0.301 e. The summed E-state index contributed by atoms with van der Waals surface area (Å²) in [7, 11) is 0. The van der Waals surface area contributed by atoms with Crippen molar-refractivity contribution in [1.82, 2.24) is 24.3 Å². The van der Waals surface area contributed by atoms with E-state index in [4.69, 9.17) is 0 Å². The van der Waals surface area contributed by atoms with Crippen LogP contribution in [0, 0.1) is 0 Å². The summed E-state index contributed by atoms with van der Waals surface area (Å²) in [5.74, 6) is 1.79. The van der Waals surface area contributed by atoms with Gasteiger partial charge in [0.25, 0.3) is 0 Å². The fourth-order valence-corrected chi connectivity index (χ4v) is 3.52. The third-order valence-electron chi connectivity index (χ3n) is 2.99. The number of hydrogen-bond donors (Lipinski definition) is 0. The van der Waals surface area contributed by atoms with E-state index in [1.54, 1.807) is 10.9 Å². The zero-order valence-corrected chi connectivity index (χ0v) is 12.5. The molecule has 0 atom stereocenters. The molecule has 6 heteroatoms. The zero-order valence-electron chi connectivity index (χ0n) is 10.4. The van der Waals surface area contributed by atoms with Crippen LogP contribution in [0.15, 0.2) is 47.1 Å². The van der Waals surface area contributed by atoms with Crippen LogP contribution in [-0.4, -0.2) is 28.5 Å². The minimum Gasteiger partial charge on any atom is -0.301 e. The predicted octanol–water partition coefficient (Wildman–Crippen LogP) is 2.69. The predicted molar refractivity (Wildman–Crippen MR) is 87.1 cm³/mol. The lowest BCUT2D eigenvalue weighted by molar-refractivity contribution is 0.847. The second-order valence-corrected chi connectivity index (χ2v) is 6.26. The highest BCUT2D eigenvalue weighted by molar-refractivity contribution is 14.2. The maximum Gasteiger partial charge on any atom is 0.153 e. The Labute approximate surface area is 125 Å². The van der Waals surface area contributed by atoms with E-state index in [-0.39, 0.29) is 20.7 Å². The molecule has 0 fully saturated rings. The molecule has 0 amide bonds. The Balaban J connectivity index is 1.71. The minimum absolute atomic E-state index is 0.0286. The van der Waals surface area contributed by atoms with Crippen LogP contribution in [0.4, 0.5) is 0 Å². The van der Waals surface area contributed by atoms with Gasteiger partial charge in [-0.1, -0.05) is 20.7 Å². The molecule has 20 heavy (non-hydrogen) atoms. The molecule has 0 N–H and O–H groups in total. The van der Waals surface area contributed by atoms with E-state index in [1.807, 2.05) is 30.6 Å². The molecule has 1 aliphatic rings. The van der Waals surface area contributed by atoms with Crippen molar-refractivity contribution in [3.63, 3.8) is 0 Å². The molecule has 3 aromatic heterocycles. The maximum absolute atomic E-state index is 4.61. The van der Waals surface area contributed by atoms with Crippen molar-refractivity contribution in [2.45, 2.75) is 0 Å². The fraction of sp³-hybridized carbons (Fsp3) is 0. The SMILES string of the molecule is C1=Cc2nc(-c3ccc(-n4cccn4)nc3)cn2C=I1. The smallest absolute Gasteiger partial charge is 0.153 e. The molecule has 0 aliphatic carbocycles. The normalized spacial score (nSPS) is 13.0. The molecule has 0 radical (unpaired) electrons. The van der Waals surface area contributed by atoms with Crippen molar-refractivity contribution in [3.8, 4) is 17.1 Å². The van der Waals surface area contributed by atoms with Crippen LogP contribution in [-0.2, 0) is 0 Å². The van der Waals surface area contributed by atoms with Gasteiger partial charge in [-0.25, -0.2) is 14.6 Å². The van der Waals surface area contributed by atoms with Crippen LogP contribution in [0.3, 0.4) is 0 Å². The van der Waals surface area contributed by atoms with E-state index in [1.165, 1.54) is 0 Å². The van der Waals surface area contributed by atoms with Crippen LogP contribution in [0.1, 0.15) is 5.82 Å². The van der Waals surface area contributed by atoms with E-state index in [2.05, 4.69) is 40.1 Å². The standard InChI is InChI=1S/C14H10IN5/c1-6-17-20(7-1)13-3-2-11(8-16-13)12-9-19-10-15-5-4-14(19)18-12/h1-10H. The zero-order chi connectivity index (χ0) is 13.4. The quantitative estimate of drug-likeness (QED) is 0.648. The van der Waals surface area contributed by atoms with Gasteiger partial charge in [0.2, 0.25) is 0 Å². The number of aromatic nitrogens is 5. The number of nitrogens with zero attached hydrogens (tertiary/aromatic N) is 5. The van der Waals surface area contributed by atoms with Gasteiger partial charge >= 0.3 is 0 Å². The third-order valence-corrected chi connectivity index (χ3v) is 4.69. The maximum atomic E-state index is 4.61. The van der Waals surface area contributed by atoms with Gasteiger partial charge in [0.15, 0.2) is 5.82 Å². The second-order valence-electron chi connectivity index (χ2n) is 4.26. The van der Waals surface area contributed by atoms with Crippen LogP contribution in [0.5, 0.6) is 0 Å². The summed E-state index contributed by atoms with van der Waals surface area (Å²) < 4.78 is 8.27. The van der Waals surface area contributed by atoms with Gasteiger partial charge in [-0.05, 0) is 28.4 Å². The summed E-state index contributed by atoms with van der Waals surface area (Å²) in [6.45, 7) is 0. The number of halogens is 1. The van der Waals surface area contributed by atoms with Gasteiger partial charge in [-0.3, -0.25) is 0 Å². The summed E-state index contributed by atoms with van der Waals surface area (Å²) >= 11 is 0.0286. The van der Waals surface area contributed by atoms with Crippen LogP contribution in [0.25, 0.3) is 23.2 Å². The lowest BCUT2D eigenvalue weighted by Gasteiger charge is -2.01. The molecule has 0 aromatic carbocycles. The summed E-state index contributed by atoms with van der Waals surface area (Å²) in [5, 5.41) is 4.17. The minimum atomic E-state index is 0.0286. The lowest BCUT2D eigenvalue weighted by atomic mass is 10.2. The molecule has 98 valence electrons. The molecule has 0 bridgehead atoms. The first-order valence-corrected chi connectivity index (χ1v) is 8.56. The van der Waals surface area contributed by atoms with Gasteiger partial charge in [0.1, 0.15) is 5.82 Å². The molecule has 5 nitrogen and oxygen atoms in total. The lowest BCUT2D eigenvalue weighted by Crippen LogP contribution is -1.97. The van der Waals surface area contributed by atoms with Gasteiger partial charge in [0, 0.05) is 34.5 Å². The van der Waals surface area contributed by atoms with E-state index in [0.29, 0.717) is 0 Å². The Kier molecular flexibility index (Phi) is 2.80. The highest BCUT2D eigenvalue weighted by atomic mass is 127. The van der Waals surface area contributed by atoms with Crippen molar-refractivity contribution in [3.05, 3.63) is 52.9 Å². The first kappa shape index (κ1) is 11.7. The summed E-state index contributed by atoms with van der Waals surface area (Å²) in [4.78, 5) is 9.05. The number of rotatable bonds is 2. The highest BCUT2D eigenvalue weighted by Gasteiger charge is 2.08. The Morgan fingerprint density at radius 2 is 2.20 bits per heavy atom. The van der Waals surface area contributed by atoms with Crippen molar-refractivity contribution >= 4 is 30.9 Å². The molecule has 4 rings (SSSR count). The first-order chi connectivity index (χ1) is 9.90.